The average Bonchev–Trinajstić information content (AvgIpc) is 3.18. The first-order valence-electron chi connectivity index (χ1n) is 11.4. The van der Waals surface area contributed by atoms with Crippen LogP contribution in [0.4, 0.5) is 0 Å². The zero-order valence-corrected chi connectivity index (χ0v) is 22.1. The topological polar surface area (TPSA) is 46.2 Å². The fourth-order valence-corrected chi connectivity index (χ4v) is 4.37. The van der Waals surface area contributed by atoms with E-state index in [1.165, 1.54) is 21.1 Å². The fraction of sp³-hybridized carbons (Fsp3) is 0.739. The van der Waals surface area contributed by atoms with Crippen molar-refractivity contribution >= 4 is 17.4 Å². The molecule has 166 valence electrons. The molecule has 1 heterocycles. The summed E-state index contributed by atoms with van der Waals surface area (Å²) < 4.78 is 27.6. The van der Waals surface area contributed by atoms with Gasteiger partial charge in [0.2, 0.25) is 6.79 Å². The van der Waals surface area contributed by atoms with E-state index in [2.05, 4.69) is 33.8 Å². The summed E-state index contributed by atoms with van der Waals surface area (Å²) in [5.74, 6) is 1.66. The molecule has 29 heavy (non-hydrogen) atoms. The quantitative estimate of drug-likeness (QED) is 0.268. The Hall–Kier alpha value is -0.664. The van der Waals surface area contributed by atoms with E-state index in [1.807, 2.05) is 6.07 Å². The Morgan fingerprint density at radius 1 is 0.759 bits per heavy atom. The maximum atomic E-state index is 5.75. The summed E-state index contributed by atoms with van der Waals surface area (Å²) in [7, 11) is 0. The van der Waals surface area contributed by atoms with Gasteiger partial charge in [0.25, 0.3) is 0 Å². The van der Waals surface area contributed by atoms with E-state index in [1.54, 1.807) is 0 Å². The van der Waals surface area contributed by atoms with Crippen molar-refractivity contribution in [2.24, 2.45) is 0 Å². The summed E-state index contributed by atoms with van der Waals surface area (Å²) in [5, 5.41) is 0. The molecule has 5 nitrogen and oxygen atoms in total. The van der Waals surface area contributed by atoms with Crippen LogP contribution in [0.15, 0.2) is 12.1 Å². The van der Waals surface area contributed by atoms with Crippen molar-refractivity contribution in [1.82, 2.24) is 0 Å². The minimum atomic E-state index is 0.0972. The Morgan fingerprint density at radius 2 is 1.34 bits per heavy atom. The average molecular weight is 467 g/mol. The van der Waals surface area contributed by atoms with Crippen LogP contribution in [0.25, 0.3) is 0 Å². The Bertz CT molecular complexity index is 522. The zero-order valence-electron chi connectivity index (χ0n) is 19.1. The molecule has 0 unspecified atom stereocenters. The third-order valence-electron chi connectivity index (χ3n) is 4.57. The number of ether oxygens (including phenoxy) is 5. The second-order valence-corrected chi connectivity index (χ2v) is 12.9. The van der Waals surface area contributed by atoms with Crippen molar-refractivity contribution in [3.05, 3.63) is 23.3 Å². The van der Waals surface area contributed by atoms with Gasteiger partial charge in [0, 0.05) is 6.61 Å². The zero-order chi connectivity index (χ0) is 21.2. The van der Waals surface area contributed by atoms with Gasteiger partial charge in [0.1, 0.15) is 0 Å². The summed E-state index contributed by atoms with van der Waals surface area (Å²) in [5.41, 5.74) is 2.44. The SMILES string of the molecule is CCCCOCCOCCOCc1cc2c(cc1CCC)OCO2.C[CH2][GaH][CH2]C. The van der Waals surface area contributed by atoms with Crippen molar-refractivity contribution in [3.63, 3.8) is 0 Å². The van der Waals surface area contributed by atoms with Gasteiger partial charge >= 0.3 is 41.2 Å². The van der Waals surface area contributed by atoms with Crippen LogP contribution in [0.3, 0.4) is 0 Å². The van der Waals surface area contributed by atoms with Gasteiger partial charge in [-0.3, -0.25) is 0 Å². The van der Waals surface area contributed by atoms with E-state index >= 15 is 0 Å². The molecule has 0 N–H and O–H groups in total. The Labute approximate surface area is 185 Å². The van der Waals surface area contributed by atoms with Crippen LogP contribution >= 0.6 is 0 Å². The third-order valence-corrected chi connectivity index (χ3v) is 7.53. The molecule has 1 aromatic carbocycles. The number of aryl methyl sites for hydroxylation is 1. The Kier molecular flexibility index (Phi) is 16.5. The Morgan fingerprint density at radius 3 is 1.90 bits per heavy atom. The number of rotatable bonds is 15. The van der Waals surface area contributed by atoms with Crippen molar-refractivity contribution in [2.45, 2.75) is 69.9 Å². The van der Waals surface area contributed by atoms with E-state index in [0.29, 0.717) is 39.8 Å². The maximum absolute atomic E-state index is 5.75. The van der Waals surface area contributed by atoms with Crippen LogP contribution in [0.5, 0.6) is 11.5 Å². The first kappa shape index (κ1) is 26.4. The first-order chi connectivity index (χ1) is 14.3. The van der Waals surface area contributed by atoms with Gasteiger partial charge in [0.15, 0.2) is 11.5 Å². The molecule has 1 aromatic rings. The summed E-state index contributed by atoms with van der Waals surface area (Å²) >= 11 is 0.0972. The van der Waals surface area contributed by atoms with E-state index in [-0.39, 0.29) is 17.4 Å². The van der Waals surface area contributed by atoms with Gasteiger partial charge in [-0.1, -0.05) is 26.7 Å². The second-order valence-electron chi connectivity index (χ2n) is 7.21. The van der Waals surface area contributed by atoms with Gasteiger partial charge in [-0.15, -0.1) is 0 Å². The van der Waals surface area contributed by atoms with Crippen molar-refractivity contribution in [2.75, 3.05) is 39.8 Å². The number of fused-ring (bicyclic) bond motifs is 1. The van der Waals surface area contributed by atoms with E-state index < -0.39 is 0 Å². The van der Waals surface area contributed by atoms with E-state index in [4.69, 9.17) is 23.7 Å². The molecule has 0 aliphatic carbocycles. The van der Waals surface area contributed by atoms with Crippen LogP contribution in [0, 0.1) is 0 Å². The third kappa shape index (κ3) is 11.9. The van der Waals surface area contributed by atoms with Crippen LogP contribution in [0.2, 0.25) is 9.95 Å². The normalized spacial score (nSPS) is 11.9. The molecule has 0 saturated heterocycles. The number of hydrogen-bond acceptors (Lipinski definition) is 5. The molecule has 1 aliphatic heterocycles. The fourth-order valence-electron chi connectivity index (χ4n) is 2.88. The van der Waals surface area contributed by atoms with Crippen molar-refractivity contribution in [1.29, 1.82) is 0 Å². The Balaban J connectivity index is 0.000000749. The second kappa shape index (κ2) is 18.1. The molecule has 0 radical (unpaired) electrons. The van der Waals surface area contributed by atoms with E-state index in [0.717, 1.165) is 43.8 Å². The summed E-state index contributed by atoms with van der Waals surface area (Å²) in [6.45, 7) is 13.1. The molecular formula is C23H41GaO5. The van der Waals surface area contributed by atoms with Gasteiger partial charge in [-0.2, -0.15) is 0 Å². The molecule has 0 atom stereocenters. The molecule has 6 heteroatoms. The molecule has 0 bridgehead atoms. The predicted octanol–water partition coefficient (Wildman–Crippen LogP) is 5.02. The number of unbranched alkanes of at least 4 members (excludes halogenated alkanes) is 1. The molecule has 0 spiro atoms. The molecular weight excluding hydrogens is 426 g/mol. The molecule has 0 saturated carbocycles. The summed E-state index contributed by atoms with van der Waals surface area (Å²) in [4.78, 5) is 3.06. The number of benzene rings is 1. The first-order valence-corrected chi connectivity index (χ1v) is 15.6. The van der Waals surface area contributed by atoms with Gasteiger partial charge in [-0.25, -0.2) is 0 Å². The predicted molar refractivity (Wildman–Crippen MR) is 121 cm³/mol. The number of hydrogen-bond donors (Lipinski definition) is 0. The van der Waals surface area contributed by atoms with Crippen LogP contribution in [-0.4, -0.2) is 57.2 Å². The summed E-state index contributed by atoms with van der Waals surface area (Å²) in [6, 6.07) is 4.12. The van der Waals surface area contributed by atoms with E-state index in [9.17, 15) is 0 Å². The monoisotopic (exact) mass is 466 g/mol. The molecule has 0 fully saturated rings. The molecule has 0 aromatic heterocycles. The van der Waals surface area contributed by atoms with Crippen LogP contribution < -0.4 is 9.47 Å². The van der Waals surface area contributed by atoms with Crippen LogP contribution in [0.1, 0.15) is 58.1 Å². The van der Waals surface area contributed by atoms with Gasteiger partial charge < -0.3 is 23.7 Å². The van der Waals surface area contributed by atoms with Gasteiger partial charge in [-0.05, 0) is 36.1 Å². The van der Waals surface area contributed by atoms with Gasteiger partial charge in [0.05, 0.1) is 33.0 Å². The van der Waals surface area contributed by atoms with Crippen molar-refractivity contribution < 1.29 is 23.7 Å². The molecule has 2 rings (SSSR count). The standard InChI is InChI=1S/C19H30O5.2C2H5.Ga.H/c1-3-5-7-20-8-9-21-10-11-22-14-17-13-19-18(23-15-24-19)12-16(17)6-4-2;2*1-2;;/h12-13H,3-11,14-15H2,1-2H3;2*1H2,2H3;;. The van der Waals surface area contributed by atoms with Crippen LogP contribution in [-0.2, 0) is 27.2 Å². The molecule has 1 aliphatic rings. The summed E-state index contributed by atoms with van der Waals surface area (Å²) in [6.07, 6.45) is 4.38. The molecule has 0 amide bonds. The van der Waals surface area contributed by atoms with Crippen molar-refractivity contribution in [3.8, 4) is 11.5 Å². The minimum absolute atomic E-state index is 0.0972.